The fourth-order valence-electron chi connectivity index (χ4n) is 4.53. The molecular formula is C19H23NO. The van der Waals surface area contributed by atoms with E-state index in [1.165, 1.54) is 19.3 Å². The molecule has 0 radical (unpaired) electrons. The quantitative estimate of drug-likeness (QED) is 0.806. The van der Waals surface area contributed by atoms with E-state index in [0.717, 1.165) is 37.7 Å². The van der Waals surface area contributed by atoms with E-state index in [0.29, 0.717) is 5.92 Å². The number of benzene rings is 1. The van der Waals surface area contributed by atoms with E-state index < -0.39 is 5.92 Å². The van der Waals surface area contributed by atoms with Crippen molar-refractivity contribution in [1.82, 2.24) is 0 Å². The van der Waals surface area contributed by atoms with Crippen molar-refractivity contribution >= 4 is 5.78 Å². The molecule has 1 aromatic carbocycles. The molecule has 0 heterocycles. The molecule has 0 aromatic heterocycles. The molecular weight excluding hydrogens is 258 g/mol. The third-order valence-corrected chi connectivity index (χ3v) is 5.57. The molecule has 0 N–H and O–H groups in total. The van der Waals surface area contributed by atoms with Crippen molar-refractivity contribution in [2.24, 2.45) is 11.8 Å². The predicted molar refractivity (Wildman–Crippen MR) is 82.7 cm³/mol. The van der Waals surface area contributed by atoms with E-state index in [1.807, 2.05) is 18.2 Å². The first-order valence-electron chi connectivity index (χ1n) is 8.28. The van der Waals surface area contributed by atoms with Crippen LogP contribution in [0.4, 0.5) is 0 Å². The molecule has 3 rings (SSSR count). The average Bonchev–Trinajstić information content (AvgIpc) is 2.57. The van der Waals surface area contributed by atoms with Crippen molar-refractivity contribution in [1.29, 1.82) is 5.26 Å². The summed E-state index contributed by atoms with van der Waals surface area (Å²) < 4.78 is 0. The van der Waals surface area contributed by atoms with Gasteiger partial charge < -0.3 is 0 Å². The molecule has 1 aromatic rings. The van der Waals surface area contributed by atoms with E-state index in [9.17, 15) is 10.1 Å². The van der Waals surface area contributed by atoms with Crippen LogP contribution in [0.5, 0.6) is 0 Å². The first-order valence-corrected chi connectivity index (χ1v) is 8.28. The van der Waals surface area contributed by atoms with Crippen LogP contribution in [0.25, 0.3) is 0 Å². The molecule has 0 bridgehead atoms. The Morgan fingerprint density at radius 1 is 1.00 bits per heavy atom. The molecule has 0 spiro atoms. The van der Waals surface area contributed by atoms with Crippen molar-refractivity contribution < 1.29 is 4.79 Å². The number of nitriles is 1. The summed E-state index contributed by atoms with van der Waals surface area (Å²) in [6, 6.07) is 12.5. The number of carbonyl (C=O) groups is 1. The molecule has 21 heavy (non-hydrogen) atoms. The minimum absolute atomic E-state index is 0.203. The topological polar surface area (TPSA) is 40.9 Å². The number of nitrogens with zero attached hydrogens (tertiary/aromatic N) is 1. The van der Waals surface area contributed by atoms with Gasteiger partial charge in [-0.25, -0.2) is 0 Å². The fraction of sp³-hybridized carbons (Fsp3) is 0.579. The van der Waals surface area contributed by atoms with E-state index >= 15 is 0 Å². The highest BCUT2D eigenvalue weighted by Gasteiger charge is 2.50. The van der Waals surface area contributed by atoms with Crippen LogP contribution in [0.1, 0.15) is 56.9 Å². The van der Waals surface area contributed by atoms with E-state index in [-0.39, 0.29) is 11.2 Å². The Balaban J connectivity index is 2.06. The highest BCUT2D eigenvalue weighted by Crippen LogP contribution is 2.49. The van der Waals surface area contributed by atoms with Crippen LogP contribution < -0.4 is 0 Å². The maximum atomic E-state index is 13.2. The molecule has 2 atom stereocenters. The predicted octanol–water partition coefficient (Wildman–Crippen LogP) is 4.40. The van der Waals surface area contributed by atoms with Crippen LogP contribution in [0.3, 0.4) is 0 Å². The Kier molecular flexibility index (Phi) is 4.10. The van der Waals surface area contributed by atoms with Gasteiger partial charge in [-0.05, 0) is 37.2 Å². The molecule has 2 aliphatic rings. The second-order valence-electron chi connectivity index (χ2n) is 6.61. The van der Waals surface area contributed by atoms with E-state index in [4.69, 9.17) is 0 Å². The van der Waals surface area contributed by atoms with Gasteiger partial charge in [0, 0.05) is 0 Å². The Morgan fingerprint density at radius 3 is 2.38 bits per heavy atom. The Morgan fingerprint density at radius 2 is 1.71 bits per heavy atom. The lowest BCUT2D eigenvalue weighted by atomic mass is 9.56. The average molecular weight is 281 g/mol. The van der Waals surface area contributed by atoms with E-state index in [1.54, 1.807) is 0 Å². The minimum atomic E-state index is -0.402. The van der Waals surface area contributed by atoms with Crippen molar-refractivity contribution in [2.45, 2.75) is 56.8 Å². The lowest BCUT2D eigenvalue weighted by Crippen LogP contribution is -2.49. The standard InChI is InChI=1S/C19H23NO/c20-14-15-8-7-13-19(18(15)21,16-9-3-1-4-10-16)17-11-5-2-6-12-17/h1,3-4,9-10,15,17H,2,5-8,11-13H2/t15-,19-/m0/s1. The third-order valence-electron chi connectivity index (χ3n) is 5.57. The summed E-state index contributed by atoms with van der Waals surface area (Å²) in [6.07, 6.45) is 8.69. The summed E-state index contributed by atoms with van der Waals surface area (Å²) in [4.78, 5) is 13.2. The van der Waals surface area contributed by atoms with Gasteiger partial charge in [-0.1, -0.05) is 56.0 Å². The van der Waals surface area contributed by atoms with Crippen molar-refractivity contribution in [2.75, 3.05) is 0 Å². The van der Waals surface area contributed by atoms with E-state index in [2.05, 4.69) is 18.2 Å². The Labute approximate surface area is 127 Å². The molecule has 110 valence electrons. The summed E-state index contributed by atoms with van der Waals surface area (Å²) in [5, 5.41) is 9.37. The molecule has 0 saturated heterocycles. The van der Waals surface area contributed by atoms with Crippen molar-refractivity contribution in [3.05, 3.63) is 35.9 Å². The SMILES string of the molecule is N#C[C@@H]1CCC[C@](c2ccccc2)(C2CCCCC2)C1=O. The van der Waals surface area contributed by atoms with Gasteiger partial charge in [0.2, 0.25) is 0 Å². The molecule has 0 aliphatic heterocycles. The van der Waals surface area contributed by atoms with Gasteiger partial charge in [0.1, 0.15) is 5.92 Å². The zero-order valence-electron chi connectivity index (χ0n) is 12.6. The van der Waals surface area contributed by atoms with Crippen LogP contribution in [0, 0.1) is 23.2 Å². The normalized spacial score (nSPS) is 30.8. The molecule has 2 fully saturated rings. The van der Waals surface area contributed by atoms with Crippen molar-refractivity contribution in [3.8, 4) is 6.07 Å². The number of rotatable bonds is 2. The van der Waals surface area contributed by atoms with Gasteiger partial charge >= 0.3 is 0 Å². The summed E-state index contributed by atoms with van der Waals surface area (Å²) >= 11 is 0. The van der Waals surface area contributed by atoms with Gasteiger partial charge in [0.25, 0.3) is 0 Å². The van der Waals surface area contributed by atoms with Gasteiger partial charge in [-0.2, -0.15) is 5.26 Å². The number of Topliss-reactive ketones (excluding diaryl/α,β-unsaturated/α-hetero) is 1. The van der Waals surface area contributed by atoms with Gasteiger partial charge in [-0.15, -0.1) is 0 Å². The molecule has 0 unspecified atom stereocenters. The summed E-state index contributed by atoms with van der Waals surface area (Å²) in [5.74, 6) is 0.229. The number of hydrogen-bond acceptors (Lipinski definition) is 2. The minimum Gasteiger partial charge on any atom is -0.297 e. The lowest BCUT2D eigenvalue weighted by molar-refractivity contribution is -0.132. The molecule has 2 saturated carbocycles. The second-order valence-corrected chi connectivity index (χ2v) is 6.61. The number of hydrogen-bond donors (Lipinski definition) is 0. The third kappa shape index (κ3) is 2.39. The van der Waals surface area contributed by atoms with Crippen LogP contribution in [0.15, 0.2) is 30.3 Å². The Bertz CT molecular complexity index is 538. The fourth-order valence-corrected chi connectivity index (χ4v) is 4.53. The molecule has 0 amide bonds. The molecule has 2 heteroatoms. The van der Waals surface area contributed by atoms with Crippen LogP contribution in [0.2, 0.25) is 0 Å². The first kappa shape index (κ1) is 14.3. The first-order chi connectivity index (χ1) is 10.3. The number of carbonyl (C=O) groups excluding carboxylic acids is 1. The monoisotopic (exact) mass is 281 g/mol. The summed E-state index contributed by atoms with van der Waals surface area (Å²) in [7, 11) is 0. The highest BCUT2D eigenvalue weighted by atomic mass is 16.1. The summed E-state index contributed by atoms with van der Waals surface area (Å²) in [5.41, 5.74) is 0.766. The van der Waals surface area contributed by atoms with Gasteiger partial charge in [0.15, 0.2) is 5.78 Å². The largest absolute Gasteiger partial charge is 0.297 e. The molecule has 2 nitrogen and oxygen atoms in total. The highest BCUT2D eigenvalue weighted by molar-refractivity contribution is 5.94. The number of ketones is 1. The summed E-state index contributed by atoms with van der Waals surface area (Å²) in [6.45, 7) is 0. The lowest BCUT2D eigenvalue weighted by Gasteiger charge is -2.45. The van der Waals surface area contributed by atoms with Crippen LogP contribution in [-0.2, 0) is 10.2 Å². The molecule has 2 aliphatic carbocycles. The zero-order valence-corrected chi connectivity index (χ0v) is 12.6. The maximum Gasteiger partial charge on any atom is 0.160 e. The van der Waals surface area contributed by atoms with Crippen molar-refractivity contribution in [3.63, 3.8) is 0 Å². The van der Waals surface area contributed by atoms with Crippen LogP contribution in [-0.4, -0.2) is 5.78 Å². The second kappa shape index (κ2) is 6.02. The smallest absolute Gasteiger partial charge is 0.160 e. The van der Waals surface area contributed by atoms with Gasteiger partial charge in [-0.3, -0.25) is 4.79 Å². The zero-order chi connectivity index (χ0) is 14.7. The van der Waals surface area contributed by atoms with Gasteiger partial charge in [0.05, 0.1) is 11.5 Å². The maximum absolute atomic E-state index is 13.2. The Hall–Kier alpha value is -1.62. The van der Waals surface area contributed by atoms with Crippen LogP contribution >= 0.6 is 0 Å².